The van der Waals surface area contributed by atoms with Gasteiger partial charge in [-0.05, 0) is 33.6 Å². The van der Waals surface area contributed by atoms with Crippen LogP contribution in [0.1, 0.15) is 45.2 Å². The minimum Gasteiger partial charge on any atom is -0.179 e. The lowest BCUT2D eigenvalue weighted by molar-refractivity contribution is 0.311. The number of nitrogens with zero attached hydrogens (tertiary/aromatic N) is 3. The van der Waals surface area contributed by atoms with Crippen LogP contribution in [0.15, 0.2) is 6.20 Å². The summed E-state index contributed by atoms with van der Waals surface area (Å²) in [6, 6.07) is 0. The summed E-state index contributed by atoms with van der Waals surface area (Å²) < 4.78 is 0. The van der Waals surface area contributed by atoms with Crippen molar-refractivity contribution >= 4 is 0 Å². The molecule has 1 heterocycles. The molecule has 0 bridgehead atoms. The fourth-order valence-electron chi connectivity index (χ4n) is 1.16. The van der Waals surface area contributed by atoms with Gasteiger partial charge >= 0.3 is 0 Å². The molecule has 0 radical (unpaired) electrons. The summed E-state index contributed by atoms with van der Waals surface area (Å²) in [7, 11) is 0. The molecule has 12 heavy (non-hydrogen) atoms. The Bertz CT molecular complexity index is 278. The van der Waals surface area contributed by atoms with Crippen molar-refractivity contribution in [2.24, 2.45) is 0 Å². The molecular formula is C9H15N3. The van der Waals surface area contributed by atoms with E-state index in [4.69, 9.17) is 0 Å². The zero-order valence-electron chi connectivity index (χ0n) is 7.91. The third kappa shape index (κ3) is 1.36. The monoisotopic (exact) mass is 165 g/mol. The molecule has 0 aliphatic heterocycles. The predicted octanol–water partition coefficient (Wildman–Crippen LogP) is 1.91. The number of rotatable bonds is 1. The van der Waals surface area contributed by atoms with Crippen LogP contribution in [-0.4, -0.2) is 15.0 Å². The highest BCUT2D eigenvalue weighted by Gasteiger charge is 2.27. The number of hydrogen-bond donors (Lipinski definition) is 0. The van der Waals surface area contributed by atoms with Crippen LogP contribution >= 0.6 is 0 Å². The second kappa shape index (κ2) is 2.31. The van der Waals surface area contributed by atoms with Crippen LogP contribution in [0.4, 0.5) is 0 Å². The van der Waals surface area contributed by atoms with Gasteiger partial charge in [0, 0.05) is 5.92 Å². The number of hydrogen-bond acceptors (Lipinski definition) is 2. The van der Waals surface area contributed by atoms with Crippen LogP contribution in [-0.2, 0) is 5.54 Å². The van der Waals surface area contributed by atoms with Crippen LogP contribution in [0.3, 0.4) is 0 Å². The Hall–Kier alpha value is -0.860. The summed E-state index contributed by atoms with van der Waals surface area (Å²) in [4.78, 5) is 1.81. The smallest absolute Gasteiger partial charge is 0.0858 e. The van der Waals surface area contributed by atoms with E-state index in [1.165, 1.54) is 18.5 Å². The Morgan fingerprint density at radius 3 is 2.50 bits per heavy atom. The van der Waals surface area contributed by atoms with Gasteiger partial charge in [0.25, 0.3) is 0 Å². The zero-order valence-corrected chi connectivity index (χ0v) is 7.91. The number of aromatic nitrogens is 3. The summed E-state index contributed by atoms with van der Waals surface area (Å²) >= 11 is 0. The molecule has 0 saturated heterocycles. The third-order valence-electron chi connectivity index (χ3n) is 2.11. The highest BCUT2D eigenvalue weighted by molar-refractivity contribution is 5.08. The zero-order chi connectivity index (χ0) is 8.77. The Morgan fingerprint density at radius 2 is 2.08 bits per heavy atom. The summed E-state index contributed by atoms with van der Waals surface area (Å²) in [5.74, 6) is 0.709. The first-order valence-electron chi connectivity index (χ1n) is 4.50. The molecule has 0 atom stereocenters. The van der Waals surface area contributed by atoms with Gasteiger partial charge < -0.3 is 0 Å². The maximum atomic E-state index is 4.45. The first kappa shape index (κ1) is 7.77. The van der Waals surface area contributed by atoms with Gasteiger partial charge in [-0.25, -0.2) is 0 Å². The average Bonchev–Trinajstić information content (AvgIpc) is 2.66. The van der Waals surface area contributed by atoms with E-state index < -0.39 is 0 Å². The Labute approximate surface area is 72.8 Å². The predicted molar refractivity (Wildman–Crippen MR) is 47.0 cm³/mol. The van der Waals surface area contributed by atoms with E-state index in [2.05, 4.69) is 31.0 Å². The first-order valence-corrected chi connectivity index (χ1v) is 4.50. The SMILES string of the molecule is CC(C)(C)n1ncc(C2CC2)n1. The van der Waals surface area contributed by atoms with Crippen molar-refractivity contribution in [3.05, 3.63) is 11.9 Å². The van der Waals surface area contributed by atoms with E-state index in [9.17, 15) is 0 Å². The minimum absolute atomic E-state index is 0.0210. The molecule has 1 aliphatic carbocycles. The van der Waals surface area contributed by atoms with E-state index in [0.717, 1.165) is 0 Å². The van der Waals surface area contributed by atoms with E-state index in [-0.39, 0.29) is 5.54 Å². The maximum Gasteiger partial charge on any atom is 0.0858 e. The van der Waals surface area contributed by atoms with Crippen LogP contribution in [0, 0.1) is 0 Å². The summed E-state index contributed by atoms with van der Waals surface area (Å²) in [6.45, 7) is 6.34. The molecule has 1 fully saturated rings. The lowest BCUT2D eigenvalue weighted by atomic mass is 10.1. The van der Waals surface area contributed by atoms with Crippen molar-refractivity contribution in [2.45, 2.75) is 45.1 Å². The summed E-state index contributed by atoms with van der Waals surface area (Å²) in [5.41, 5.74) is 1.19. The van der Waals surface area contributed by atoms with Crippen LogP contribution in [0.25, 0.3) is 0 Å². The van der Waals surface area contributed by atoms with Crippen LogP contribution < -0.4 is 0 Å². The standard InChI is InChI=1S/C9H15N3/c1-9(2,3)12-10-6-8(11-12)7-4-5-7/h6-7H,4-5H2,1-3H3. The van der Waals surface area contributed by atoms with Crippen molar-refractivity contribution in [3.8, 4) is 0 Å². The van der Waals surface area contributed by atoms with Gasteiger partial charge in [-0.1, -0.05) is 0 Å². The topological polar surface area (TPSA) is 30.7 Å². The van der Waals surface area contributed by atoms with Gasteiger partial charge in [0.05, 0.1) is 17.4 Å². The lowest BCUT2D eigenvalue weighted by Crippen LogP contribution is -2.24. The molecule has 3 nitrogen and oxygen atoms in total. The fourth-order valence-corrected chi connectivity index (χ4v) is 1.16. The normalized spacial score (nSPS) is 18.2. The molecule has 1 aliphatic rings. The van der Waals surface area contributed by atoms with Crippen molar-refractivity contribution in [1.82, 2.24) is 15.0 Å². The Kier molecular flexibility index (Phi) is 1.50. The van der Waals surface area contributed by atoms with Crippen molar-refractivity contribution in [3.63, 3.8) is 0 Å². The average molecular weight is 165 g/mol. The fraction of sp³-hybridized carbons (Fsp3) is 0.778. The van der Waals surface area contributed by atoms with E-state index >= 15 is 0 Å². The van der Waals surface area contributed by atoms with Gasteiger partial charge in [0.1, 0.15) is 0 Å². The molecule has 3 heteroatoms. The highest BCUT2D eigenvalue weighted by atomic mass is 15.5. The van der Waals surface area contributed by atoms with Crippen LogP contribution in [0.2, 0.25) is 0 Å². The summed E-state index contributed by atoms with van der Waals surface area (Å²) in [6.07, 6.45) is 4.49. The van der Waals surface area contributed by atoms with Gasteiger partial charge in [-0.2, -0.15) is 15.0 Å². The Morgan fingerprint density at radius 1 is 1.42 bits per heavy atom. The molecule has 0 amide bonds. The van der Waals surface area contributed by atoms with Gasteiger partial charge in [0.2, 0.25) is 0 Å². The van der Waals surface area contributed by atoms with Gasteiger partial charge in [-0.15, -0.1) is 0 Å². The minimum atomic E-state index is 0.0210. The second-order valence-electron chi connectivity index (χ2n) is 4.50. The molecule has 2 rings (SSSR count). The molecule has 0 unspecified atom stereocenters. The molecule has 66 valence electrons. The summed E-state index contributed by atoms with van der Waals surface area (Å²) in [5, 5.41) is 8.70. The lowest BCUT2D eigenvalue weighted by Gasteiger charge is -2.16. The third-order valence-corrected chi connectivity index (χ3v) is 2.11. The van der Waals surface area contributed by atoms with E-state index in [0.29, 0.717) is 5.92 Å². The first-order chi connectivity index (χ1) is 5.57. The molecule has 1 aromatic heterocycles. The molecule has 0 aromatic carbocycles. The molecule has 1 saturated carbocycles. The molecular weight excluding hydrogens is 150 g/mol. The highest BCUT2D eigenvalue weighted by Crippen LogP contribution is 2.38. The Balaban J connectivity index is 2.23. The van der Waals surface area contributed by atoms with E-state index in [1.807, 2.05) is 6.20 Å². The maximum absolute atomic E-state index is 4.45. The van der Waals surface area contributed by atoms with Crippen LogP contribution in [0.5, 0.6) is 0 Å². The van der Waals surface area contributed by atoms with Crippen molar-refractivity contribution in [1.29, 1.82) is 0 Å². The molecule has 0 N–H and O–H groups in total. The van der Waals surface area contributed by atoms with Crippen molar-refractivity contribution < 1.29 is 0 Å². The second-order valence-corrected chi connectivity index (χ2v) is 4.50. The quantitative estimate of drug-likeness (QED) is 0.636. The molecule has 1 aromatic rings. The van der Waals surface area contributed by atoms with Crippen molar-refractivity contribution in [2.75, 3.05) is 0 Å². The molecule has 0 spiro atoms. The largest absolute Gasteiger partial charge is 0.179 e. The van der Waals surface area contributed by atoms with Gasteiger partial charge in [-0.3, -0.25) is 0 Å². The van der Waals surface area contributed by atoms with E-state index in [1.54, 1.807) is 4.80 Å². The van der Waals surface area contributed by atoms with Gasteiger partial charge in [0.15, 0.2) is 0 Å².